The van der Waals surface area contributed by atoms with E-state index in [0.717, 1.165) is 22.6 Å². The fourth-order valence-electron chi connectivity index (χ4n) is 1.61. The summed E-state index contributed by atoms with van der Waals surface area (Å²) < 4.78 is 0. The average Bonchev–Trinajstić information content (AvgIpc) is 2.53. The van der Waals surface area contributed by atoms with E-state index in [0.29, 0.717) is 0 Å². The van der Waals surface area contributed by atoms with Crippen LogP contribution in [0.1, 0.15) is 11.1 Å². The molecule has 0 atom stereocenters. The van der Waals surface area contributed by atoms with Crippen molar-refractivity contribution >= 4 is 34.8 Å². The zero-order valence-corrected chi connectivity index (χ0v) is 13.0. The normalized spacial score (nSPS) is 9.14. The van der Waals surface area contributed by atoms with Crippen LogP contribution in [0.5, 0.6) is 0 Å². The molecule has 2 rings (SSSR count). The number of hydrogen-bond acceptors (Lipinski definition) is 3. The average molecular weight is 307 g/mol. The summed E-state index contributed by atoms with van der Waals surface area (Å²) in [6.07, 6.45) is 1.90. The van der Waals surface area contributed by atoms with E-state index in [1.165, 1.54) is 4.90 Å². The minimum atomic E-state index is 0.791. The predicted octanol–water partition coefficient (Wildman–Crippen LogP) is 5.10. The Balaban J connectivity index is 2.07. The molecule has 0 amide bonds. The van der Waals surface area contributed by atoms with E-state index < -0.39 is 0 Å². The first-order valence-electron chi connectivity index (χ1n) is 6.35. The highest BCUT2D eigenvalue weighted by atomic mass is 32.2. The molecular weight excluding hydrogens is 294 g/mol. The lowest BCUT2D eigenvalue weighted by Crippen LogP contribution is -1.78. The molecule has 0 aliphatic rings. The molecule has 0 N–H and O–H groups in total. The van der Waals surface area contributed by atoms with E-state index in [4.69, 9.17) is 0 Å². The zero-order valence-electron chi connectivity index (χ0n) is 11.4. The molecular formula is C18H13NS2. The van der Waals surface area contributed by atoms with Gasteiger partial charge < -0.3 is 0 Å². The van der Waals surface area contributed by atoms with Crippen molar-refractivity contribution in [3.8, 4) is 11.8 Å². The summed E-state index contributed by atoms with van der Waals surface area (Å²) in [7, 11) is 0. The van der Waals surface area contributed by atoms with E-state index in [1.54, 1.807) is 11.8 Å². The SMILES string of the molecule is C=CCSc1ccc(C#Cc2ccc(N=C=S)cc2)cc1. The van der Waals surface area contributed by atoms with Crippen molar-refractivity contribution in [3.63, 3.8) is 0 Å². The van der Waals surface area contributed by atoms with Crippen LogP contribution in [0.25, 0.3) is 0 Å². The summed E-state index contributed by atoms with van der Waals surface area (Å²) in [4.78, 5) is 5.13. The van der Waals surface area contributed by atoms with Crippen molar-refractivity contribution in [3.05, 3.63) is 72.3 Å². The van der Waals surface area contributed by atoms with Crippen LogP contribution in [0.4, 0.5) is 5.69 Å². The van der Waals surface area contributed by atoms with Crippen molar-refractivity contribution in [2.24, 2.45) is 4.99 Å². The van der Waals surface area contributed by atoms with E-state index in [9.17, 15) is 0 Å². The first-order chi connectivity index (χ1) is 10.3. The Kier molecular flexibility index (Phi) is 5.99. The quantitative estimate of drug-likeness (QED) is 0.256. The van der Waals surface area contributed by atoms with Gasteiger partial charge in [0.25, 0.3) is 0 Å². The lowest BCUT2D eigenvalue weighted by molar-refractivity contribution is 1.44. The Morgan fingerprint density at radius 2 is 1.57 bits per heavy atom. The summed E-state index contributed by atoms with van der Waals surface area (Å²) in [5, 5.41) is 2.35. The summed E-state index contributed by atoms with van der Waals surface area (Å²) in [6, 6.07) is 15.8. The van der Waals surface area contributed by atoms with E-state index in [-0.39, 0.29) is 0 Å². The molecule has 3 heteroatoms. The van der Waals surface area contributed by atoms with Gasteiger partial charge in [-0.1, -0.05) is 17.9 Å². The molecule has 2 aromatic rings. The number of benzene rings is 2. The predicted molar refractivity (Wildman–Crippen MR) is 94.5 cm³/mol. The maximum absolute atomic E-state index is 4.57. The smallest absolute Gasteiger partial charge is 0.0740 e. The molecule has 0 saturated heterocycles. The fourth-order valence-corrected chi connectivity index (χ4v) is 2.35. The van der Waals surface area contributed by atoms with Crippen LogP contribution in [0, 0.1) is 11.8 Å². The van der Waals surface area contributed by atoms with Gasteiger partial charge in [-0.05, 0) is 60.7 Å². The molecule has 2 aromatic carbocycles. The molecule has 0 aliphatic carbocycles. The topological polar surface area (TPSA) is 12.4 Å². The van der Waals surface area contributed by atoms with Crippen LogP contribution in [0.3, 0.4) is 0 Å². The molecule has 1 nitrogen and oxygen atoms in total. The highest BCUT2D eigenvalue weighted by Gasteiger charge is 1.93. The molecule has 0 spiro atoms. The maximum atomic E-state index is 4.57. The molecule has 0 unspecified atom stereocenters. The summed E-state index contributed by atoms with van der Waals surface area (Å²) in [5.41, 5.74) is 2.74. The van der Waals surface area contributed by atoms with Crippen LogP contribution in [-0.2, 0) is 0 Å². The number of aliphatic imine (C=N–C) groups is 1. The number of isothiocyanates is 1. The van der Waals surface area contributed by atoms with Gasteiger partial charge in [0, 0.05) is 21.8 Å². The Bertz CT molecular complexity index is 713. The summed E-state index contributed by atoms with van der Waals surface area (Å²) in [5.74, 6) is 7.20. The molecule has 0 radical (unpaired) electrons. The minimum absolute atomic E-state index is 0.791. The van der Waals surface area contributed by atoms with Gasteiger partial charge in [-0.15, -0.1) is 18.3 Å². The van der Waals surface area contributed by atoms with Crippen LogP contribution in [0.15, 0.2) is 71.1 Å². The standard InChI is InChI=1S/C18H13NS2/c1-2-13-21-18-11-7-16(8-12-18)4-3-15-5-9-17(10-6-15)19-14-20/h2,5-12H,1,13H2. The van der Waals surface area contributed by atoms with Gasteiger partial charge in [0.2, 0.25) is 0 Å². The van der Waals surface area contributed by atoms with Crippen molar-refractivity contribution in [1.82, 2.24) is 0 Å². The lowest BCUT2D eigenvalue weighted by atomic mass is 10.2. The monoisotopic (exact) mass is 307 g/mol. The van der Waals surface area contributed by atoms with Gasteiger partial charge >= 0.3 is 0 Å². The third-order valence-electron chi connectivity index (χ3n) is 2.62. The molecule has 0 aliphatic heterocycles. The maximum Gasteiger partial charge on any atom is 0.0740 e. The first kappa shape index (κ1) is 15.3. The van der Waals surface area contributed by atoms with Crippen LogP contribution < -0.4 is 0 Å². The fraction of sp³-hybridized carbons (Fsp3) is 0.0556. The minimum Gasteiger partial charge on any atom is -0.195 e. The summed E-state index contributed by atoms with van der Waals surface area (Å²) >= 11 is 6.33. The third kappa shape index (κ3) is 5.06. The highest BCUT2D eigenvalue weighted by Crippen LogP contribution is 2.18. The Hall–Kier alpha value is -2.11. The first-order valence-corrected chi connectivity index (χ1v) is 7.75. The molecule has 0 heterocycles. The van der Waals surface area contributed by atoms with Crippen LogP contribution in [0.2, 0.25) is 0 Å². The molecule has 0 saturated carbocycles. The second-order valence-corrected chi connectivity index (χ2v) is 5.40. The van der Waals surface area contributed by atoms with Gasteiger partial charge in [-0.25, -0.2) is 0 Å². The number of thioether (sulfide) groups is 1. The molecule has 0 fully saturated rings. The zero-order chi connectivity index (χ0) is 14.9. The second kappa shape index (κ2) is 8.24. The Morgan fingerprint density at radius 1 is 1.00 bits per heavy atom. The van der Waals surface area contributed by atoms with Gasteiger partial charge in [-0.3, -0.25) is 0 Å². The van der Waals surface area contributed by atoms with Crippen molar-refractivity contribution < 1.29 is 0 Å². The van der Waals surface area contributed by atoms with Crippen LogP contribution in [-0.4, -0.2) is 10.9 Å². The summed E-state index contributed by atoms with van der Waals surface area (Å²) in [6.45, 7) is 3.71. The number of hydrogen-bond donors (Lipinski definition) is 0. The van der Waals surface area contributed by atoms with Crippen LogP contribution >= 0.6 is 24.0 Å². The number of thiocarbonyl (C=S) groups is 1. The van der Waals surface area contributed by atoms with Gasteiger partial charge in [0.15, 0.2) is 0 Å². The Labute approximate surface area is 134 Å². The van der Waals surface area contributed by atoms with E-state index >= 15 is 0 Å². The molecule has 21 heavy (non-hydrogen) atoms. The largest absolute Gasteiger partial charge is 0.195 e. The number of nitrogens with zero attached hydrogens (tertiary/aromatic N) is 1. The molecule has 102 valence electrons. The van der Waals surface area contributed by atoms with E-state index in [1.807, 2.05) is 42.5 Å². The van der Waals surface area contributed by atoms with Gasteiger partial charge in [0.1, 0.15) is 0 Å². The molecule has 0 aromatic heterocycles. The number of rotatable bonds is 4. The molecule has 0 bridgehead atoms. The highest BCUT2D eigenvalue weighted by molar-refractivity contribution is 7.99. The van der Waals surface area contributed by atoms with E-state index in [2.05, 4.69) is 52.9 Å². The van der Waals surface area contributed by atoms with Crippen molar-refractivity contribution in [1.29, 1.82) is 0 Å². The van der Waals surface area contributed by atoms with Crippen molar-refractivity contribution in [2.75, 3.05) is 5.75 Å². The third-order valence-corrected chi connectivity index (χ3v) is 3.71. The van der Waals surface area contributed by atoms with Gasteiger partial charge in [0.05, 0.1) is 10.8 Å². The van der Waals surface area contributed by atoms with Crippen molar-refractivity contribution in [2.45, 2.75) is 4.90 Å². The second-order valence-electron chi connectivity index (χ2n) is 4.12. The van der Waals surface area contributed by atoms with Gasteiger partial charge in [-0.2, -0.15) is 4.99 Å². The lowest BCUT2D eigenvalue weighted by Gasteiger charge is -1.97. The Morgan fingerprint density at radius 3 is 2.10 bits per heavy atom.